The molecule has 0 fully saturated rings. The Hall–Kier alpha value is -2.66. The van der Waals surface area contributed by atoms with Gasteiger partial charge < -0.3 is 8.83 Å². The molecular weight excluding hydrogens is 319 g/mol. The van der Waals surface area contributed by atoms with Crippen molar-refractivity contribution in [3.63, 3.8) is 0 Å². The molecule has 0 N–H and O–H groups in total. The van der Waals surface area contributed by atoms with Gasteiger partial charge in [0.1, 0.15) is 11.4 Å². The molecule has 2 aromatic carbocycles. The first-order valence-corrected chi connectivity index (χ1v) is 7.27. The van der Waals surface area contributed by atoms with Crippen LogP contribution in [0.15, 0.2) is 51.5 Å². The number of furan rings is 1. The molecule has 4 nitrogen and oxygen atoms in total. The fraction of sp³-hybridized carbons (Fsp3) is 0.0588. The van der Waals surface area contributed by atoms with Gasteiger partial charge in [-0.1, -0.05) is 11.6 Å². The molecule has 6 heteroatoms. The third-order valence-electron chi connectivity index (χ3n) is 3.57. The summed E-state index contributed by atoms with van der Waals surface area (Å²) in [7, 11) is 0. The van der Waals surface area contributed by atoms with Crippen molar-refractivity contribution in [3.05, 3.63) is 59.4 Å². The van der Waals surface area contributed by atoms with Crippen molar-refractivity contribution in [3.8, 4) is 22.6 Å². The zero-order valence-electron chi connectivity index (χ0n) is 12.0. The van der Waals surface area contributed by atoms with Gasteiger partial charge in [-0.2, -0.15) is 0 Å². The Balaban J connectivity index is 1.93. The molecule has 0 aliphatic heterocycles. The van der Waals surface area contributed by atoms with Gasteiger partial charge in [-0.15, -0.1) is 10.2 Å². The second kappa shape index (κ2) is 5.21. The van der Waals surface area contributed by atoms with Gasteiger partial charge in [-0.3, -0.25) is 0 Å². The predicted octanol–water partition coefficient (Wildman–Crippen LogP) is 5.25. The van der Waals surface area contributed by atoms with E-state index in [1.165, 1.54) is 18.4 Å². The lowest BCUT2D eigenvalue weighted by molar-refractivity contribution is 0.533. The molecule has 0 saturated heterocycles. The molecule has 0 aliphatic carbocycles. The molecule has 2 heterocycles. The average molecular weight is 329 g/mol. The fourth-order valence-corrected chi connectivity index (χ4v) is 2.66. The Morgan fingerprint density at radius 1 is 1.04 bits per heavy atom. The minimum Gasteiger partial charge on any atom is -0.464 e. The third kappa shape index (κ3) is 2.39. The number of nitrogens with zero attached hydrogens (tertiary/aromatic N) is 2. The highest BCUT2D eigenvalue weighted by Gasteiger charge is 2.15. The minimum absolute atomic E-state index is 0.365. The van der Waals surface area contributed by atoms with Crippen molar-refractivity contribution in [1.29, 1.82) is 0 Å². The van der Waals surface area contributed by atoms with Crippen molar-refractivity contribution >= 4 is 22.6 Å². The normalized spacial score (nSPS) is 11.3. The zero-order valence-corrected chi connectivity index (χ0v) is 12.8. The molecule has 0 radical (unpaired) electrons. The number of fused-ring (bicyclic) bond motifs is 1. The number of aryl methyl sites for hydroxylation is 1. The number of aromatic nitrogens is 2. The second-order valence-corrected chi connectivity index (χ2v) is 5.55. The van der Waals surface area contributed by atoms with Crippen molar-refractivity contribution in [2.45, 2.75) is 6.92 Å². The van der Waals surface area contributed by atoms with Gasteiger partial charge in [0.2, 0.25) is 11.8 Å². The summed E-state index contributed by atoms with van der Waals surface area (Å²) in [5, 5.41) is 9.03. The van der Waals surface area contributed by atoms with Crippen molar-refractivity contribution < 1.29 is 13.2 Å². The molecule has 0 saturated carbocycles. The molecule has 0 spiro atoms. The van der Waals surface area contributed by atoms with Gasteiger partial charge in [-0.05, 0) is 36.4 Å². The van der Waals surface area contributed by atoms with Gasteiger partial charge in [0.05, 0.1) is 6.26 Å². The van der Waals surface area contributed by atoms with E-state index in [9.17, 15) is 4.39 Å². The Kier molecular flexibility index (Phi) is 3.16. The van der Waals surface area contributed by atoms with Crippen molar-refractivity contribution in [1.82, 2.24) is 10.2 Å². The van der Waals surface area contributed by atoms with E-state index in [1.807, 2.05) is 12.1 Å². The van der Waals surface area contributed by atoms with Crippen LogP contribution < -0.4 is 0 Å². The van der Waals surface area contributed by atoms with Crippen LogP contribution in [0.1, 0.15) is 5.89 Å². The van der Waals surface area contributed by atoms with E-state index < -0.39 is 0 Å². The maximum Gasteiger partial charge on any atom is 0.247 e. The molecule has 0 bridgehead atoms. The average Bonchev–Trinajstić information content (AvgIpc) is 3.15. The van der Waals surface area contributed by atoms with Crippen molar-refractivity contribution in [2.75, 3.05) is 0 Å². The summed E-state index contributed by atoms with van der Waals surface area (Å²) in [6, 6.07) is 9.86. The smallest absolute Gasteiger partial charge is 0.247 e. The molecular formula is C17H10ClFN2O2. The van der Waals surface area contributed by atoms with E-state index in [2.05, 4.69) is 10.2 Å². The van der Waals surface area contributed by atoms with E-state index in [1.54, 1.807) is 19.1 Å². The third-order valence-corrected chi connectivity index (χ3v) is 3.80. The van der Waals surface area contributed by atoms with Crippen LogP contribution >= 0.6 is 11.6 Å². The predicted molar refractivity (Wildman–Crippen MR) is 84.6 cm³/mol. The van der Waals surface area contributed by atoms with E-state index in [-0.39, 0.29) is 5.82 Å². The van der Waals surface area contributed by atoms with Crippen LogP contribution in [0.5, 0.6) is 0 Å². The summed E-state index contributed by atoms with van der Waals surface area (Å²) in [6.07, 6.45) is 1.52. The van der Waals surface area contributed by atoms with Gasteiger partial charge in [-0.25, -0.2) is 4.39 Å². The number of halogens is 2. The van der Waals surface area contributed by atoms with E-state index in [0.29, 0.717) is 33.5 Å². The minimum atomic E-state index is -0.365. The molecule has 2 aromatic heterocycles. The number of hydrogen-bond donors (Lipinski definition) is 0. The number of rotatable bonds is 2. The molecule has 4 rings (SSSR count). The molecule has 0 aliphatic rings. The Bertz CT molecular complexity index is 1020. The molecule has 0 unspecified atom stereocenters. The number of benzene rings is 2. The van der Waals surface area contributed by atoms with Crippen LogP contribution in [-0.2, 0) is 0 Å². The Morgan fingerprint density at radius 2 is 1.91 bits per heavy atom. The monoisotopic (exact) mass is 328 g/mol. The standard InChI is InChI=1S/C17H10ClFN2O2/c1-9-20-21-17(23-9)10-2-5-16-13(6-10)14(8-22-16)12-7-11(18)3-4-15(12)19/h2-8H,1H3. The first-order valence-electron chi connectivity index (χ1n) is 6.89. The molecule has 114 valence electrons. The second-order valence-electron chi connectivity index (χ2n) is 5.11. The molecule has 4 aromatic rings. The maximum absolute atomic E-state index is 14.1. The largest absolute Gasteiger partial charge is 0.464 e. The lowest BCUT2D eigenvalue weighted by Crippen LogP contribution is -1.84. The van der Waals surface area contributed by atoms with Gasteiger partial charge >= 0.3 is 0 Å². The van der Waals surface area contributed by atoms with E-state index >= 15 is 0 Å². The first kappa shape index (κ1) is 14.0. The summed E-state index contributed by atoms with van der Waals surface area (Å²) < 4.78 is 25.1. The lowest BCUT2D eigenvalue weighted by Gasteiger charge is -2.02. The van der Waals surface area contributed by atoms with Gasteiger partial charge in [0.15, 0.2) is 0 Å². The zero-order chi connectivity index (χ0) is 16.0. The van der Waals surface area contributed by atoms with Crippen LogP contribution in [-0.4, -0.2) is 10.2 Å². The van der Waals surface area contributed by atoms with E-state index in [0.717, 1.165) is 10.9 Å². The summed E-state index contributed by atoms with van der Waals surface area (Å²) in [5.74, 6) is 0.521. The highest BCUT2D eigenvalue weighted by molar-refractivity contribution is 6.30. The van der Waals surface area contributed by atoms with Crippen LogP contribution in [0.4, 0.5) is 4.39 Å². The topological polar surface area (TPSA) is 52.1 Å². The van der Waals surface area contributed by atoms with Crippen LogP contribution in [0.2, 0.25) is 5.02 Å². The molecule has 23 heavy (non-hydrogen) atoms. The Morgan fingerprint density at radius 3 is 2.70 bits per heavy atom. The quantitative estimate of drug-likeness (QED) is 0.504. The number of hydrogen-bond acceptors (Lipinski definition) is 4. The molecule has 0 amide bonds. The lowest BCUT2D eigenvalue weighted by atomic mass is 10.0. The van der Waals surface area contributed by atoms with Gasteiger partial charge in [0.25, 0.3) is 0 Å². The first-order chi connectivity index (χ1) is 11.1. The highest BCUT2D eigenvalue weighted by atomic mass is 35.5. The van der Waals surface area contributed by atoms with E-state index in [4.69, 9.17) is 20.4 Å². The van der Waals surface area contributed by atoms with Crippen molar-refractivity contribution in [2.24, 2.45) is 0 Å². The Labute approximate surface area is 135 Å². The highest BCUT2D eigenvalue weighted by Crippen LogP contribution is 2.35. The summed E-state index contributed by atoms with van der Waals surface area (Å²) in [6.45, 7) is 1.72. The summed E-state index contributed by atoms with van der Waals surface area (Å²) in [4.78, 5) is 0. The van der Waals surface area contributed by atoms with Crippen LogP contribution in [0.25, 0.3) is 33.6 Å². The van der Waals surface area contributed by atoms with Crippen LogP contribution in [0.3, 0.4) is 0 Å². The fourth-order valence-electron chi connectivity index (χ4n) is 2.49. The van der Waals surface area contributed by atoms with Gasteiger partial charge in [0, 0.05) is 34.0 Å². The summed E-state index contributed by atoms with van der Waals surface area (Å²) in [5.41, 5.74) is 2.38. The summed E-state index contributed by atoms with van der Waals surface area (Å²) >= 11 is 5.98. The maximum atomic E-state index is 14.1. The SMILES string of the molecule is Cc1nnc(-c2ccc3occ(-c4cc(Cl)ccc4F)c3c2)o1. The van der Waals surface area contributed by atoms with Crippen LogP contribution in [0, 0.1) is 12.7 Å². The molecule has 0 atom stereocenters.